The summed E-state index contributed by atoms with van der Waals surface area (Å²) in [7, 11) is 0. The van der Waals surface area contributed by atoms with Gasteiger partial charge in [-0.2, -0.15) is 0 Å². The molecule has 6 heteroatoms. The lowest BCUT2D eigenvalue weighted by Crippen LogP contribution is -2.44. The zero-order chi connectivity index (χ0) is 13.0. The molecule has 1 aromatic heterocycles. The molecule has 1 heterocycles. The van der Waals surface area contributed by atoms with Gasteiger partial charge >= 0.3 is 0 Å². The van der Waals surface area contributed by atoms with Crippen LogP contribution in [0.25, 0.3) is 0 Å². The van der Waals surface area contributed by atoms with Gasteiger partial charge in [0.2, 0.25) is 5.91 Å². The second-order valence-corrected chi connectivity index (χ2v) is 5.28. The lowest BCUT2D eigenvalue weighted by molar-refractivity contribution is -0.117. The molecular weight excluding hydrogens is 252 g/mol. The molecule has 1 fully saturated rings. The van der Waals surface area contributed by atoms with Crippen molar-refractivity contribution >= 4 is 23.3 Å². The number of amides is 1. The van der Waals surface area contributed by atoms with E-state index in [2.05, 4.69) is 15.5 Å². The van der Waals surface area contributed by atoms with E-state index in [-0.39, 0.29) is 11.4 Å². The van der Waals surface area contributed by atoms with Crippen molar-refractivity contribution in [3.05, 3.63) is 17.3 Å². The van der Waals surface area contributed by atoms with Crippen LogP contribution in [0, 0.1) is 0 Å². The maximum atomic E-state index is 11.9. The van der Waals surface area contributed by atoms with E-state index in [0.29, 0.717) is 17.4 Å². The summed E-state index contributed by atoms with van der Waals surface area (Å²) in [5.74, 6) is 0.292. The summed E-state index contributed by atoms with van der Waals surface area (Å²) in [4.78, 5) is 11.9. The van der Waals surface area contributed by atoms with E-state index >= 15 is 0 Å². The summed E-state index contributed by atoms with van der Waals surface area (Å²) in [6, 6.07) is 3.21. The standard InChI is InChI=1S/C12H17ClN4O/c13-9-4-5-10(17-16-9)15-11(18)8-12(14)6-2-1-3-7-12/h4-5H,1-3,6-8,14H2,(H,15,17,18). The van der Waals surface area contributed by atoms with Gasteiger partial charge in [-0.1, -0.05) is 30.9 Å². The molecule has 1 aliphatic carbocycles. The Bertz CT molecular complexity index is 415. The molecule has 1 aromatic rings. The van der Waals surface area contributed by atoms with Crippen molar-refractivity contribution in [2.45, 2.75) is 44.1 Å². The molecule has 3 N–H and O–H groups in total. The normalized spacial score (nSPS) is 18.3. The van der Waals surface area contributed by atoms with Crippen LogP contribution >= 0.6 is 11.6 Å². The van der Waals surface area contributed by atoms with Crippen LogP contribution in [0.4, 0.5) is 5.82 Å². The summed E-state index contributed by atoms with van der Waals surface area (Å²) < 4.78 is 0. The van der Waals surface area contributed by atoms with Crippen molar-refractivity contribution in [1.82, 2.24) is 10.2 Å². The number of halogens is 1. The minimum atomic E-state index is -0.359. The van der Waals surface area contributed by atoms with Crippen molar-refractivity contribution in [2.75, 3.05) is 5.32 Å². The minimum Gasteiger partial charge on any atom is -0.325 e. The Morgan fingerprint density at radius 3 is 2.67 bits per heavy atom. The van der Waals surface area contributed by atoms with Crippen molar-refractivity contribution in [3.63, 3.8) is 0 Å². The van der Waals surface area contributed by atoms with E-state index in [4.69, 9.17) is 17.3 Å². The highest BCUT2D eigenvalue weighted by atomic mass is 35.5. The van der Waals surface area contributed by atoms with Gasteiger partial charge in [-0.25, -0.2) is 0 Å². The molecule has 0 aromatic carbocycles. The molecule has 98 valence electrons. The Hall–Kier alpha value is -1.20. The van der Waals surface area contributed by atoms with Gasteiger partial charge in [0.05, 0.1) is 0 Å². The first kappa shape index (κ1) is 13.2. The second kappa shape index (κ2) is 5.63. The summed E-state index contributed by atoms with van der Waals surface area (Å²) >= 11 is 5.62. The van der Waals surface area contributed by atoms with Gasteiger partial charge in [0.1, 0.15) is 0 Å². The molecule has 0 bridgehead atoms. The molecule has 18 heavy (non-hydrogen) atoms. The lowest BCUT2D eigenvalue weighted by Gasteiger charge is -2.32. The van der Waals surface area contributed by atoms with Crippen molar-refractivity contribution < 1.29 is 4.79 Å². The van der Waals surface area contributed by atoms with Crippen molar-refractivity contribution in [1.29, 1.82) is 0 Å². The van der Waals surface area contributed by atoms with Crippen molar-refractivity contribution in [2.24, 2.45) is 5.73 Å². The zero-order valence-corrected chi connectivity index (χ0v) is 10.9. The Kier molecular flexibility index (Phi) is 4.14. The third-order valence-electron chi connectivity index (χ3n) is 3.26. The molecule has 5 nitrogen and oxygen atoms in total. The predicted molar refractivity (Wildman–Crippen MR) is 70.3 cm³/mol. The fraction of sp³-hybridized carbons (Fsp3) is 0.583. The number of carbonyl (C=O) groups is 1. The number of nitrogens with zero attached hydrogens (tertiary/aromatic N) is 2. The van der Waals surface area contributed by atoms with E-state index in [9.17, 15) is 4.79 Å². The molecule has 1 saturated carbocycles. The van der Waals surface area contributed by atoms with Gasteiger partial charge in [0.15, 0.2) is 11.0 Å². The van der Waals surface area contributed by atoms with Crippen LogP contribution in [0.5, 0.6) is 0 Å². The van der Waals surface area contributed by atoms with Crippen LogP contribution < -0.4 is 11.1 Å². The average Bonchev–Trinajstić information content (AvgIpc) is 2.32. The van der Waals surface area contributed by atoms with Gasteiger partial charge < -0.3 is 11.1 Å². The van der Waals surface area contributed by atoms with Crippen LogP contribution in [0.1, 0.15) is 38.5 Å². The molecule has 0 saturated heterocycles. The number of nitrogens with two attached hydrogens (primary N) is 1. The highest BCUT2D eigenvalue weighted by molar-refractivity contribution is 6.29. The topological polar surface area (TPSA) is 80.9 Å². The largest absolute Gasteiger partial charge is 0.325 e. The first-order valence-electron chi connectivity index (χ1n) is 6.15. The van der Waals surface area contributed by atoms with Crippen LogP contribution in [0.15, 0.2) is 12.1 Å². The molecule has 0 radical (unpaired) electrons. The first-order valence-corrected chi connectivity index (χ1v) is 6.53. The van der Waals surface area contributed by atoms with Crippen LogP contribution in [0.3, 0.4) is 0 Å². The molecular formula is C12H17ClN4O. The molecule has 1 amide bonds. The summed E-state index contributed by atoms with van der Waals surface area (Å²) in [6.45, 7) is 0. The molecule has 0 spiro atoms. The number of hydrogen-bond donors (Lipinski definition) is 2. The number of anilines is 1. The highest BCUT2D eigenvalue weighted by Crippen LogP contribution is 2.28. The zero-order valence-electron chi connectivity index (χ0n) is 10.2. The quantitative estimate of drug-likeness (QED) is 0.880. The van der Waals surface area contributed by atoms with Crippen LogP contribution in [0.2, 0.25) is 5.15 Å². The Morgan fingerprint density at radius 2 is 2.06 bits per heavy atom. The number of rotatable bonds is 3. The Labute approximate surface area is 111 Å². The monoisotopic (exact) mass is 268 g/mol. The third-order valence-corrected chi connectivity index (χ3v) is 3.46. The maximum absolute atomic E-state index is 11.9. The van der Waals surface area contributed by atoms with Gasteiger partial charge in [0.25, 0.3) is 0 Å². The summed E-state index contributed by atoms with van der Waals surface area (Å²) in [6.07, 6.45) is 5.56. The van der Waals surface area contributed by atoms with Crippen LogP contribution in [-0.2, 0) is 4.79 Å². The van der Waals surface area contributed by atoms with Gasteiger partial charge in [-0.15, -0.1) is 10.2 Å². The maximum Gasteiger partial charge on any atom is 0.227 e. The predicted octanol–water partition coefficient (Wildman–Crippen LogP) is 2.12. The van der Waals surface area contributed by atoms with Crippen molar-refractivity contribution in [3.8, 4) is 0 Å². The van der Waals surface area contributed by atoms with E-state index < -0.39 is 0 Å². The number of hydrogen-bond acceptors (Lipinski definition) is 4. The highest BCUT2D eigenvalue weighted by Gasteiger charge is 2.30. The summed E-state index contributed by atoms with van der Waals surface area (Å²) in [5.41, 5.74) is 5.86. The Balaban J connectivity index is 1.90. The second-order valence-electron chi connectivity index (χ2n) is 4.89. The third kappa shape index (κ3) is 3.65. The van der Waals surface area contributed by atoms with E-state index in [0.717, 1.165) is 25.7 Å². The molecule has 0 atom stereocenters. The average molecular weight is 269 g/mol. The molecule has 0 aliphatic heterocycles. The first-order chi connectivity index (χ1) is 8.57. The van der Waals surface area contributed by atoms with Gasteiger partial charge in [-0.05, 0) is 25.0 Å². The number of carbonyl (C=O) groups excluding carboxylic acids is 1. The van der Waals surface area contributed by atoms with Gasteiger partial charge in [-0.3, -0.25) is 4.79 Å². The Morgan fingerprint density at radius 1 is 1.33 bits per heavy atom. The fourth-order valence-electron chi connectivity index (χ4n) is 2.32. The fourth-order valence-corrected chi connectivity index (χ4v) is 2.42. The van der Waals surface area contributed by atoms with E-state index in [1.54, 1.807) is 12.1 Å². The van der Waals surface area contributed by atoms with E-state index in [1.165, 1.54) is 6.42 Å². The SMILES string of the molecule is NC1(CC(=O)Nc2ccc(Cl)nn2)CCCCC1. The number of aromatic nitrogens is 2. The van der Waals surface area contributed by atoms with Crippen LogP contribution in [-0.4, -0.2) is 21.6 Å². The number of nitrogens with one attached hydrogen (secondary N) is 1. The minimum absolute atomic E-state index is 0.115. The van der Waals surface area contributed by atoms with E-state index in [1.807, 2.05) is 0 Å². The lowest BCUT2D eigenvalue weighted by atomic mass is 9.80. The molecule has 2 rings (SSSR count). The molecule has 1 aliphatic rings. The van der Waals surface area contributed by atoms with Gasteiger partial charge in [0, 0.05) is 12.0 Å². The molecule has 0 unspecified atom stereocenters. The smallest absolute Gasteiger partial charge is 0.227 e. The summed E-state index contributed by atoms with van der Waals surface area (Å²) in [5, 5.41) is 10.4.